The van der Waals surface area contributed by atoms with E-state index in [1.165, 1.54) is 56.1 Å². The maximum absolute atomic E-state index is 4.11. The molecule has 0 aromatic rings. The Morgan fingerprint density at radius 1 is 0.920 bits per heavy atom. The second kappa shape index (κ2) is 11.5. The molecule has 1 nitrogen and oxygen atoms in total. The molecule has 0 aromatic carbocycles. The van der Waals surface area contributed by atoms with Crippen LogP contribution >= 0.6 is 0 Å². The zero-order chi connectivity index (χ0) is 18.8. The summed E-state index contributed by atoms with van der Waals surface area (Å²) in [6.07, 6.45) is 13.6. The quantitative estimate of drug-likeness (QED) is 0.472. The minimum absolute atomic E-state index is 0.717. The van der Waals surface area contributed by atoms with Gasteiger partial charge in [-0.05, 0) is 71.3 Å². The van der Waals surface area contributed by atoms with E-state index < -0.39 is 0 Å². The molecule has 25 heavy (non-hydrogen) atoms. The molecule has 0 amide bonds. The summed E-state index contributed by atoms with van der Waals surface area (Å²) in [5, 5.41) is 0. The molecule has 0 fully saturated rings. The molecule has 2 rings (SSSR count). The highest BCUT2D eigenvalue weighted by molar-refractivity contribution is 5.16. The first kappa shape index (κ1) is 22.0. The summed E-state index contributed by atoms with van der Waals surface area (Å²) in [5.41, 5.74) is 5.94. The van der Waals surface area contributed by atoms with Crippen LogP contribution < -0.4 is 0 Å². The number of nitrogens with zero attached hydrogens (tertiary/aromatic N) is 1. The number of likely N-dealkylation sites (N-methyl/N-ethyl adjacent to an activating group) is 1. The first-order chi connectivity index (χ1) is 11.9. The van der Waals surface area contributed by atoms with Crippen molar-refractivity contribution >= 4 is 0 Å². The molecule has 0 bridgehead atoms. The Kier molecular flexibility index (Phi) is 10.1. The summed E-state index contributed by atoms with van der Waals surface area (Å²) in [4.78, 5) is 2.49. The van der Waals surface area contributed by atoms with E-state index in [1.807, 2.05) is 0 Å². The molecule has 0 heterocycles. The molecule has 0 radical (unpaired) electrons. The van der Waals surface area contributed by atoms with Gasteiger partial charge in [0.05, 0.1) is 0 Å². The van der Waals surface area contributed by atoms with Gasteiger partial charge in [-0.15, -0.1) is 0 Å². The normalized spacial score (nSPS) is 23.3. The first-order valence-corrected chi connectivity index (χ1v) is 10.2. The summed E-state index contributed by atoms with van der Waals surface area (Å²) in [7, 11) is 2.26. The largest absolute Gasteiger partial charge is 0.299 e. The van der Waals surface area contributed by atoms with Crippen molar-refractivity contribution in [2.45, 2.75) is 72.6 Å². The Morgan fingerprint density at radius 3 is 1.52 bits per heavy atom. The third kappa shape index (κ3) is 8.23. The maximum Gasteiger partial charge on any atom is 0.0193 e. The van der Waals surface area contributed by atoms with Crippen molar-refractivity contribution < 1.29 is 0 Å². The van der Waals surface area contributed by atoms with Gasteiger partial charge in [0.15, 0.2) is 0 Å². The van der Waals surface area contributed by atoms with Gasteiger partial charge >= 0.3 is 0 Å². The Labute approximate surface area is 157 Å². The fourth-order valence-corrected chi connectivity index (χ4v) is 3.71. The lowest BCUT2D eigenvalue weighted by molar-refractivity contribution is 0.367. The van der Waals surface area contributed by atoms with E-state index in [1.54, 1.807) is 11.1 Å². The number of hydrogen-bond acceptors (Lipinski definition) is 1. The van der Waals surface area contributed by atoms with Gasteiger partial charge in [-0.1, -0.05) is 67.9 Å². The SMILES string of the molecule is C=C(C)C1CC=C(CN(C)CC2=CCC(C(=C)C)CC2)CC1.CCC. The Balaban J connectivity index is 0.000000970. The number of rotatable bonds is 6. The second-order valence-electron chi connectivity index (χ2n) is 8.24. The van der Waals surface area contributed by atoms with Crippen molar-refractivity contribution in [3.8, 4) is 0 Å². The molecule has 142 valence electrons. The fraction of sp³-hybridized carbons (Fsp3) is 0.667. The van der Waals surface area contributed by atoms with Crippen LogP contribution in [0.3, 0.4) is 0 Å². The van der Waals surface area contributed by atoms with Crippen LogP contribution in [0.25, 0.3) is 0 Å². The lowest BCUT2D eigenvalue weighted by Gasteiger charge is -2.28. The van der Waals surface area contributed by atoms with E-state index in [2.05, 4.69) is 65.0 Å². The summed E-state index contributed by atoms with van der Waals surface area (Å²) < 4.78 is 0. The summed E-state index contributed by atoms with van der Waals surface area (Å²) in [6.45, 7) is 19.1. The van der Waals surface area contributed by atoms with Crippen LogP contribution in [0.15, 0.2) is 47.6 Å². The lowest BCUT2D eigenvalue weighted by Crippen LogP contribution is -2.26. The van der Waals surface area contributed by atoms with Gasteiger partial charge in [0.25, 0.3) is 0 Å². The minimum atomic E-state index is 0.717. The predicted molar refractivity (Wildman–Crippen MR) is 114 cm³/mol. The van der Waals surface area contributed by atoms with Gasteiger partial charge in [-0.3, -0.25) is 4.90 Å². The molecular formula is C24H41N. The Bertz CT molecular complexity index is 450. The van der Waals surface area contributed by atoms with Gasteiger partial charge in [0, 0.05) is 13.1 Å². The van der Waals surface area contributed by atoms with E-state index in [0.717, 1.165) is 13.1 Å². The average molecular weight is 344 g/mol. The average Bonchev–Trinajstić information content (AvgIpc) is 2.56. The minimum Gasteiger partial charge on any atom is -0.299 e. The van der Waals surface area contributed by atoms with E-state index in [9.17, 15) is 0 Å². The highest BCUT2D eigenvalue weighted by atomic mass is 15.1. The molecule has 0 saturated carbocycles. The Morgan fingerprint density at radius 2 is 1.28 bits per heavy atom. The molecule has 2 atom stereocenters. The van der Waals surface area contributed by atoms with Crippen LogP contribution in [0, 0.1) is 11.8 Å². The Hall–Kier alpha value is -1.08. The van der Waals surface area contributed by atoms with E-state index >= 15 is 0 Å². The van der Waals surface area contributed by atoms with Crippen LogP contribution in [0.5, 0.6) is 0 Å². The summed E-state index contributed by atoms with van der Waals surface area (Å²) in [5.74, 6) is 1.43. The number of hydrogen-bond donors (Lipinski definition) is 0. The third-order valence-corrected chi connectivity index (χ3v) is 5.35. The lowest BCUT2D eigenvalue weighted by atomic mass is 9.85. The van der Waals surface area contributed by atoms with Gasteiger partial charge in [0.2, 0.25) is 0 Å². The van der Waals surface area contributed by atoms with Crippen LogP contribution in [0.1, 0.15) is 72.6 Å². The van der Waals surface area contributed by atoms with Crippen molar-refractivity contribution in [1.82, 2.24) is 4.90 Å². The monoisotopic (exact) mass is 343 g/mol. The molecule has 1 heteroatoms. The zero-order valence-corrected chi connectivity index (χ0v) is 17.5. The van der Waals surface area contributed by atoms with Crippen LogP contribution in [-0.2, 0) is 0 Å². The molecular weight excluding hydrogens is 302 g/mol. The molecule has 0 aromatic heterocycles. The molecule has 0 N–H and O–H groups in total. The van der Waals surface area contributed by atoms with Gasteiger partial charge < -0.3 is 0 Å². The van der Waals surface area contributed by atoms with Crippen LogP contribution in [0.4, 0.5) is 0 Å². The smallest absolute Gasteiger partial charge is 0.0193 e. The van der Waals surface area contributed by atoms with Crippen molar-refractivity contribution in [2.75, 3.05) is 20.1 Å². The predicted octanol–water partition coefficient (Wildman–Crippen LogP) is 6.94. The van der Waals surface area contributed by atoms with Gasteiger partial charge in [-0.2, -0.15) is 0 Å². The summed E-state index contributed by atoms with van der Waals surface area (Å²) in [6, 6.07) is 0. The van der Waals surface area contributed by atoms with E-state index in [4.69, 9.17) is 0 Å². The van der Waals surface area contributed by atoms with Crippen LogP contribution in [-0.4, -0.2) is 25.0 Å². The first-order valence-electron chi connectivity index (χ1n) is 10.2. The summed E-state index contributed by atoms with van der Waals surface area (Å²) >= 11 is 0. The standard InChI is InChI=1S/C21H33N.C3H8/c1-16(2)20-10-6-18(7-11-20)14-22(5)15-19-8-12-21(13-9-19)17(3)4;1-3-2/h6,8,20-21H,1,3,7,9-15H2,2,4-5H3;3H2,1-2H3. The molecule has 2 unspecified atom stereocenters. The maximum atomic E-state index is 4.11. The number of allylic oxidation sites excluding steroid dienone is 4. The molecule has 0 saturated heterocycles. The molecule has 0 aliphatic heterocycles. The zero-order valence-electron chi connectivity index (χ0n) is 17.5. The van der Waals surface area contributed by atoms with Crippen molar-refractivity contribution in [3.05, 3.63) is 47.6 Å². The van der Waals surface area contributed by atoms with Crippen molar-refractivity contribution in [1.29, 1.82) is 0 Å². The topological polar surface area (TPSA) is 3.24 Å². The fourth-order valence-electron chi connectivity index (χ4n) is 3.71. The van der Waals surface area contributed by atoms with E-state index in [0.29, 0.717) is 11.8 Å². The van der Waals surface area contributed by atoms with E-state index in [-0.39, 0.29) is 0 Å². The van der Waals surface area contributed by atoms with Crippen LogP contribution in [0.2, 0.25) is 0 Å². The highest BCUT2D eigenvalue weighted by Crippen LogP contribution is 2.30. The highest BCUT2D eigenvalue weighted by Gasteiger charge is 2.18. The van der Waals surface area contributed by atoms with Crippen molar-refractivity contribution in [3.63, 3.8) is 0 Å². The molecule has 2 aliphatic carbocycles. The van der Waals surface area contributed by atoms with Crippen molar-refractivity contribution in [2.24, 2.45) is 11.8 Å². The molecule has 2 aliphatic rings. The molecule has 0 spiro atoms. The van der Waals surface area contributed by atoms with Gasteiger partial charge in [0.1, 0.15) is 0 Å². The third-order valence-electron chi connectivity index (χ3n) is 5.35. The second-order valence-corrected chi connectivity index (χ2v) is 8.24. The van der Waals surface area contributed by atoms with Gasteiger partial charge in [-0.25, -0.2) is 0 Å².